The lowest BCUT2D eigenvalue weighted by Gasteiger charge is -2.40. The van der Waals surface area contributed by atoms with Crippen LogP contribution < -0.4 is 0 Å². The summed E-state index contributed by atoms with van der Waals surface area (Å²) in [5.74, 6) is 1.61. The summed E-state index contributed by atoms with van der Waals surface area (Å²) < 4.78 is 2.29. The molecule has 6 aromatic rings. The molecule has 4 atom stereocenters. The number of rotatable bonds is 4. The van der Waals surface area contributed by atoms with E-state index in [2.05, 4.69) is 174 Å². The first-order chi connectivity index (χ1) is 20.8. The molecule has 3 heteroatoms. The fourth-order valence-electron chi connectivity index (χ4n) is 7.87. The highest BCUT2D eigenvalue weighted by molar-refractivity contribution is 8.02. The van der Waals surface area contributed by atoms with Crippen LogP contribution in [-0.4, -0.2) is 9.55 Å². The Bertz CT molecular complexity index is 1970. The van der Waals surface area contributed by atoms with E-state index < -0.39 is 0 Å². The summed E-state index contributed by atoms with van der Waals surface area (Å²) >= 11 is 2.10. The Morgan fingerprint density at radius 3 is 1.81 bits per heavy atom. The van der Waals surface area contributed by atoms with Crippen LogP contribution in [0.4, 0.5) is 0 Å². The van der Waals surface area contributed by atoms with Crippen molar-refractivity contribution in [3.8, 4) is 0 Å². The van der Waals surface area contributed by atoms with Crippen molar-refractivity contribution in [2.24, 2.45) is 11.8 Å². The van der Waals surface area contributed by atoms with Crippen LogP contribution in [0.15, 0.2) is 163 Å². The van der Waals surface area contributed by atoms with Gasteiger partial charge in [0.15, 0.2) is 0 Å². The molecule has 0 unspecified atom stereocenters. The number of allylic oxidation sites excluding steroid dienone is 3. The number of hydrogen-bond acceptors (Lipinski definition) is 2. The summed E-state index contributed by atoms with van der Waals surface area (Å²) in [4.78, 5) is 5.06. The smallest absolute Gasteiger partial charge is 0.132 e. The van der Waals surface area contributed by atoms with E-state index in [4.69, 9.17) is 4.98 Å². The molecule has 9 rings (SSSR count). The lowest BCUT2D eigenvalue weighted by molar-refractivity contribution is 0.281. The van der Waals surface area contributed by atoms with Crippen molar-refractivity contribution in [2.45, 2.75) is 9.62 Å². The van der Waals surface area contributed by atoms with E-state index in [-0.39, 0.29) is 21.5 Å². The largest absolute Gasteiger partial charge is 0.306 e. The van der Waals surface area contributed by atoms with Crippen LogP contribution in [0.5, 0.6) is 0 Å². The van der Waals surface area contributed by atoms with Crippen molar-refractivity contribution in [1.29, 1.82) is 0 Å². The number of hydrogen-bond donors (Lipinski definition) is 0. The molecule has 0 spiro atoms. The number of imidazole rings is 1. The summed E-state index contributed by atoms with van der Waals surface area (Å²) in [6, 6.07) is 52.9. The van der Waals surface area contributed by atoms with Crippen LogP contribution in [-0.2, 0) is 9.62 Å². The first kappa shape index (κ1) is 24.0. The zero-order valence-corrected chi connectivity index (χ0v) is 23.8. The topological polar surface area (TPSA) is 17.8 Å². The van der Waals surface area contributed by atoms with Crippen molar-refractivity contribution in [1.82, 2.24) is 9.55 Å². The molecule has 1 aliphatic carbocycles. The maximum absolute atomic E-state index is 5.43. The Morgan fingerprint density at radius 1 is 0.619 bits per heavy atom. The molecule has 1 fully saturated rings. The van der Waals surface area contributed by atoms with Gasteiger partial charge in [-0.1, -0.05) is 146 Å². The van der Waals surface area contributed by atoms with Gasteiger partial charge in [-0.15, -0.1) is 11.8 Å². The van der Waals surface area contributed by atoms with Gasteiger partial charge in [-0.2, -0.15) is 0 Å². The molecule has 1 saturated heterocycles. The van der Waals surface area contributed by atoms with E-state index in [9.17, 15) is 0 Å². The molecule has 3 aliphatic rings. The SMILES string of the molecule is C1=C[C@H]2[C@@H](C1=C(c1ccccc1)c1ccccc1)[C@@]1(c3ccccc3)S[C@]2(c2ccccc2)c2nc3ccccc3n21. The van der Waals surface area contributed by atoms with Gasteiger partial charge in [0.25, 0.3) is 0 Å². The van der Waals surface area contributed by atoms with Gasteiger partial charge in [0.1, 0.15) is 15.4 Å². The molecule has 0 N–H and O–H groups in total. The second-order valence-corrected chi connectivity index (χ2v) is 12.9. The Balaban J connectivity index is 1.43. The minimum absolute atomic E-state index is 0.200. The van der Waals surface area contributed by atoms with Gasteiger partial charge in [-0.3, -0.25) is 0 Å². The van der Waals surface area contributed by atoms with Crippen LogP contribution >= 0.6 is 11.8 Å². The Hall–Kier alpha value is -4.60. The van der Waals surface area contributed by atoms with E-state index >= 15 is 0 Å². The molecule has 2 aliphatic heterocycles. The predicted octanol–water partition coefficient (Wildman–Crippen LogP) is 9.05. The molecule has 42 heavy (non-hydrogen) atoms. The molecule has 0 radical (unpaired) electrons. The van der Waals surface area contributed by atoms with Crippen LogP contribution in [0.3, 0.4) is 0 Å². The third-order valence-electron chi connectivity index (χ3n) is 9.41. The van der Waals surface area contributed by atoms with E-state index in [1.807, 2.05) is 0 Å². The molecule has 2 bridgehead atoms. The van der Waals surface area contributed by atoms with Crippen molar-refractivity contribution in [3.63, 3.8) is 0 Å². The molecule has 0 saturated carbocycles. The van der Waals surface area contributed by atoms with Crippen molar-refractivity contribution < 1.29 is 0 Å². The summed E-state index contributed by atoms with van der Waals surface area (Å²) in [5.41, 5.74) is 10.1. The zero-order valence-electron chi connectivity index (χ0n) is 23.0. The molecule has 200 valence electrons. The van der Waals surface area contributed by atoms with Crippen LogP contribution in [0.1, 0.15) is 28.1 Å². The third kappa shape index (κ3) is 3.04. The summed E-state index contributed by atoms with van der Waals surface area (Å²) in [7, 11) is 0. The monoisotopic (exact) mass is 556 g/mol. The highest BCUT2D eigenvalue weighted by atomic mass is 32.2. The highest BCUT2D eigenvalue weighted by Crippen LogP contribution is 2.77. The van der Waals surface area contributed by atoms with Gasteiger partial charge in [-0.25, -0.2) is 4.98 Å². The van der Waals surface area contributed by atoms with Crippen LogP contribution in [0, 0.1) is 11.8 Å². The fraction of sp³-hybridized carbons (Fsp3) is 0.103. The van der Waals surface area contributed by atoms with E-state index in [0.29, 0.717) is 0 Å². The van der Waals surface area contributed by atoms with Gasteiger partial charge in [0.05, 0.1) is 11.0 Å². The lowest BCUT2D eigenvalue weighted by Crippen LogP contribution is -2.43. The fourth-order valence-corrected chi connectivity index (χ4v) is 10.1. The Labute approximate surface area is 250 Å². The quantitative estimate of drug-likeness (QED) is 0.216. The normalized spacial score (nSPS) is 25.1. The molecule has 3 heterocycles. The first-order valence-electron chi connectivity index (χ1n) is 14.7. The number of aromatic nitrogens is 2. The van der Waals surface area contributed by atoms with Crippen LogP contribution in [0.2, 0.25) is 0 Å². The standard InChI is InChI=1S/C39H28N2S/c1-5-15-27(16-6-1)35(28-17-7-2-8-18-28)31-25-26-32-36(31)39(30-21-11-4-12-22-30)41-34-24-14-13-23-33(34)40-37(41)38(32,42-39)29-19-9-3-10-20-29/h1-26,32,36H/t32-,36+,38-,39+/m0/s1. The summed E-state index contributed by atoms with van der Waals surface area (Å²) in [5, 5.41) is 0. The van der Waals surface area contributed by atoms with Gasteiger partial charge < -0.3 is 4.57 Å². The Kier molecular flexibility index (Phi) is 5.12. The van der Waals surface area contributed by atoms with Gasteiger partial charge in [0.2, 0.25) is 0 Å². The minimum atomic E-state index is -0.374. The maximum atomic E-state index is 5.43. The van der Waals surface area contributed by atoms with Crippen molar-refractivity contribution >= 4 is 28.4 Å². The number of para-hydroxylation sites is 2. The van der Waals surface area contributed by atoms with Gasteiger partial charge in [-0.05, 0) is 45.5 Å². The minimum Gasteiger partial charge on any atom is -0.306 e. The maximum Gasteiger partial charge on any atom is 0.132 e. The number of benzene rings is 5. The molecular formula is C39H28N2S. The highest BCUT2D eigenvalue weighted by Gasteiger charge is 2.73. The van der Waals surface area contributed by atoms with Crippen molar-refractivity contribution in [2.75, 3.05) is 0 Å². The number of thioether (sulfide) groups is 1. The third-order valence-corrected chi connectivity index (χ3v) is 11.4. The second kappa shape index (κ2) is 8.95. The van der Waals surface area contributed by atoms with E-state index in [1.54, 1.807) is 0 Å². The number of nitrogens with zero attached hydrogens (tertiary/aromatic N) is 2. The summed E-state index contributed by atoms with van der Waals surface area (Å²) in [6.07, 6.45) is 4.94. The summed E-state index contributed by atoms with van der Waals surface area (Å²) in [6.45, 7) is 0. The lowest BCUT2D eigenvalue weighted by atomic mass is 9.69. The second-order valence-electron chi connectivity index (χ2n) is 11.5. The number of fused-ring (bicyclic) bond motifs is 10. The molecule has 1 aromatic heterocycles. The molecule has 2 nitrogen and oxygen atoms in total. The Morgan fingerprint density at radius 2 is 1.17 bits per heavy atom. The van der Waals surface area contributed by atoms with E-state index in [0.717, 1.165) is 11.3 Å². The van der Waals surface area contributed by atoms with Crippen molar-refractivity contribution in [3.05, 3.63) is 191 Å². The average Bonchev–Trinajstić information content (AvgIpc) is 3.81. The predicted molar refractivity (Wildman–Crippen MR) is 173 cm³/mol. The molecule has 0 amide bonds. The van der Waals surface area contributed by atoms with Gasteiger partial charge >= 0.3 is 0 Å². The van der Waals surface area contributed by atoms with E-state index in [1.165, 1.54) is 38.9 Å². The van der Waals surface area contributed by atoms with Gasteiger partial charge in [0, 0.05) is 11.8 Å². The average molecular weight is 557 g/mol. The molecular weight excluding hydrogens is 529 g/mol. The zero-order chi connectivity index (χ0) is 27.7. The molecule has 5 aromatic carbocycles. The first-order valence-corrected chi connectivity index (χ1v) is 15.5. The van der Waals surface area contributed by atoms with Crippen LogP contribution in [0.25, 0.3) is 16.6 Å².